The minimum Gasteiger partial charge on any atom is -0.307 e. The highest BCUT2D eigenvalue weighted by Crippen LogP contribution is 2.47. The topological polar surface area (TPSA) is 19.4 Å². The number of hydrogen-bond donors (Lipinski definition) is 0. The van der Waals surface area contributed by atoms with Gasteiger partial charge < -0.3 is 4.90 Å². The van der Waals surface area contributed by atoms with Crippen LogP contribution in [0.4, 0.5) is 43.0 Å². The molecule has 210 valence electrons. The van der Waals surface area contributed by atoms with Crippen molar-refractivity contribution >= 4 is 66.6 Å². The second-order valence-electron chi connectivity index (χ2n) is 10.7. The van der Waals surface area contributed by atoms with E-state index in [9.17, 15) is 0 Å². The van der Waals surface area contributed by atoms with Crippen LogP contribution in [0.15, 0.2) is 152 Å². The van der Waals surface area contributed by atoms with Crippen molar-refractivity contribution in [1.82, 2.24) is 4.98 Å². The molecular formula is C39H25F2N3. The Kier molecular flexibility index (Phi) is 6.16. The summed E-state index contributed by atoms with van der Waals surface area (Å²) in [4.78, 5) is 8.31. The molecular weight excluding hydrogens is 548 g/mol. The van der Waals surface area contributed by atoms with E-state index in [1.807, 2.05) is 82.6 Å². The zero-order valence-corrected chi connectivity index (χ0v) is 23.5. The number of aromatic nitrogens is 1. The maximum absolute atomic E-state index is 15.4. The Morgan fingerprint density at radius 1 is 0.409 bits per heavy atom. The third-order valence-electron chi connectivity index (χ3n) is 8.17. The van der Waals surface area contributed by atoms with Crippen LogP contribution in [0.2, 0.25) is 0 Å². The van der Waals surface area contributed by atoms with Crippen LogP contribution in [0.25, 0.3) is 32.3 Å². The average Bonchev–Trinajstić information content (AvgIpc) is 3.07. The van der Waals surface area contributed by atoms with Gasteiger partial charge in [-0.3, -0.25) is 4.90 Å². The maximum Gasteiger partial charge on any atom is 0.174 e. The number of pyridine rings is 1. The van der Waals surface area contributed by atoms with Gasteiger partial charge in [-0.05, 0) is 82.2 Å². The SMILES string of the molecule is Fc1ccccc1N(c1ccccc1)c1ccc2ccc3c(N(c4ccccc4)c4ncccc4F)ccc4ccc1c2c43. The Hall–Kier alpha value is -5.81. The molecule has 5 heteroatoms. The van der Waals surface area contributed by atoms with E-state index in [1.54, 1.807) is 24.4 Å². The molecule has 0 aliphatic heterocycles. The normalized spacial score (nSPS) is 11.4. The van der Waals surface area contributed by atoms with E-state index >= 15 is 8.78 Å². The number of hydrogen-bond acceptors (Lipinski definition) is 3. The predicted molar refractivity (Wildman–Crippen MR) is 177 cm³/mol. The van der Waals surface area contributed by atoms with Gasteiger partial charge in [-0.2, -0.15) is 0 Å². The molecule has 0 aliphatic carbocycles. The summed E-state index contributed by atoms with van der Waals surface area (Å²) in [5.74, 6) is -0.489. The van der Waals surface area contributed by atoms with E-state index in [4.69, 9.17) is 0 Å². The van der Waals surface area contributed by atoms with Gasteiger partial charge in [0.25, 0.3) is 0 Å². The van der Waals surface area contributed by atoms with Crippen molar-refractivity contribution in [2.75, 3.05) is 9.80 Å². The van der Waals surface area contributed by atoms with E-state index in [-0.39, 0.29) is 11.6 Å². The third-order valence-corrected chi connectivity index (χ3v) is 8.17. The number of halogens is 2. The second kappa shape index (κ2) is 10.5. The van der Waals surface area contributed by atoms with E-state index < -0.39 is 5.82 Å². The van der Waals surface area contributed by atoms with Crippen LogP contribution in [0, 0.1) is 11.6 Å². The van der Waals surface area contributed by atoms with Crippen molar-refractivity contribution in [2.45, 2.75) is 0 Å². The fourth-order valence-corrected chi connectivity index (χ4v) is 6.27. The molecule has 0 amide bonds. The van der Waals surface area contributed by atoms with Gasteiger partial charge in [-0.25, -0.2) is 13.8 Å². The van der Waals surface area contributed by atoms with Crippen LogP contribution in [0.3, 0.4) is 0 Å². The summed E-state index contributed by atoms with van der Waals surface area (Å²) in [5, 5.41) is 6.19. The summed E-state index contributed by atoms with van der Waals surface area (Å²) in [6.07, 6.45) is 1.61. The number of para-hydroxylation sites is 3. The van der Waals surface area contributed by atoms with Crippen molar-refractivity contribution in [2.24, 2.45) is 0 Å². The first-order valence-corrected chi connectivity index (χ1v) is 14.4. The Labute approximate surface area is 253 Å². The van der Waals surface area contributed by atoms with Gasteiger partial charge in [0.1, 0.15) is 5.82 Å². The van der Waals surface area contributed by atoms with Crippen LogP contribution >= 0.6 is 0 Å². The minimum absolute atomic E-state index is 0.226. The van der Waals surface area contributed by atoms with Gasteiger partial charge in [-0.1, -0.05) is 84.9 Å². The van der Waals surface area contributed by atoms with Gasteiger partial charge in [0.15, 0.2) is 11.6 Å². The molecule has 0 saturated carbocycles. The Morgan fingerprint density at radius 2 is 0.909 bits per heavy atom. The summed E-state index contributed by atoms with van der Waals surface area (Å²) in [7, 11) is 0. The zero-order chi connectivity index (χ0) is 29.6. The molecule has 0 N–H and O–H groups in total. The van der Waals surface area contributed by atoms with Gasteiger partial charge in [0, 0.05) is 28.3 Å². The molecule has 0 saturated heterocycles. The van der Waals surface area contributed by atoms with Crippen LogP contribution < -0.4 is 9.80 Å². The summed E-state index contributed by atoms with van der Waals surface area (Å²) in [6, 6.07) is 46.1. The van der Waals surface area contributed by atoms with Crippen LogP contribution in [-0.4, -0.2) is 4.98 Å². The van der Waals surface area contributed by atoms with Crippen LogP contribution in [0.5, 0.6) is 0 Å². The predicted octanol–water partition coefficient (Wildman–Crippen LogP) is 11.2. The molecule has 1 heterocycles. The largest absolute Gasteiger partial charge is 0.307 e. The fourth-order valence-electron chi connectivity index (χ4n) is 6.27. The van der Waals surface area contributed by atoms with Crippen LogP contribution in [-0.2, 0) is 0 Å². The Balaban J connectivity index is 1.43. The van der Waals surface area contributed by atoms with E-state index in [1.165, 1.54) is 12.1 Å². The average molecular weight is 574 g/mol. The highest BCUT2D eigenvalue weighted by atomic mass is 19.1. The molecule has 0 bridgehead atoms. The minimum atomic E-state index is -0.410. The van der Waals surface area contributed by atoms with E-state index in [2.05, 4.69) is 47.4 Å². The molecule has 0 radical (unpaired) electrons. The molecule has 0 spiro atoms. The molecule has 0 atom stereocenters. The van der Waals surface area contributed by atoms with Crippen LogP contribution in [0.1, 0.15) is 0 Å². The van der Waals surface area contributed by atoms with Gasteiger partial charge in [0.05, 0.1) is 17.1 Å². The summed E-state index contributed by atoms with van der Waals surface area (Å²) in [6.45, 7) is 0. The van der Waals surface area contributed by atoms with Crippen molar-refractivity contribution in [1.29, 1.82) is 0 Å². The molecule has 1 aromatic heterocycles. The highest BCUT2D eigenvalue weighted by molar-refractivity contribution is 6.28. The second-order valence-corrected chi connectivity index (χ2v) is 10.7. The van der Waals surface area contributed by atoms with Crippen molar-refractivity contribution in [3.05, 3.63) is 163 Å². The first-order chi connectivity index (χ1) is 21.7. The zero-order valence-electron chi connectivity index (χ0n) is 23.5. The lowest BCUT2D eigenvalue weighted by atomic mass is 9.92. The molecule has 44 heavy (non-hydrogen) atoms. The van der Waals surface area contributed by atoms with E-state index in [0.717, 1.165) is 55.1 Å². The van der Waals surface area contributed by atoms with Gasteiger partial charge >= 0.3 is 0 Å². The number of anilines is 6. The molecule has 0 fully saturated rings. The number of benzene rings is 7. The molecule has 7 aromatic carbocycles. The molecule has 0 aliphatic rings. The Morgan fingerprint density at radius 3 is 1.50 bits per heavy atom. The Bertz CT molecular complexity index is 2110. The molecule has 0 unspecified atom stereocenters. The van der Waals surface area contributed by atoms with Crippen molar-refractivity contribution in [3.63, 3.8) is 0 Å². The smallest absolute Gasteiger partial charge is 0.174 e. The summed E-state index contributed by atoms with van der Waals surface area (Å²) >= 11 is 0. The number of rotatable bonds is 6. The summed E-state index contributed by atoms with van der Waals surface area (Å²) < 4.78 is 30.8. The number of nitrogens with zero attached hydrogens (tertiary/aromatic N) is 3. The third kappa shape index (κ3) is 4.13. The molecule has 8 aromatic rings. The van der Waals surface area contributed by atoms with Crippen molar-refractivity contribution in [3.8, 4) is 0 Å². The molecule has 8 rings (SSSR count). The lowest BCUT2D eigenvalue weighted by Crippen LogP contribution is -2.14. The lowest BCUT2D eigenvalue weighted by molar-refractivity contribution is 0.623. The quantitative estimate of drug-likeness (QED) is 0.184. The fraction of sp³-hybridized carbons (Fsp3) is 0. The molecule has 3 nitrogen and oxygen atoms in total. The first-order valence-electron chi connectivity index (χ1n) is 14.4. The first kappa shape index (κ1) is 25.9. The van der Waals surface area contributed by atoms with Gasteiger partial charge in [0.2, 0.25) is 0 Å². The highest BCUT2D eigenvalue weighted by Gasteiger charge is 2.23. The maximum atomic E-state index is 15.4. The standard InChI is InChI=1S/C39H25F2N3/c40-32-14-7-8-16-36(32)43(28-10-3-1-4-11-28)34-23-19-26-18-22-31-35(24-20-27-17-21-30(34)37(26)38(27)31)44(29-12-5-2-6-13-29)39-33(41)15-9-25-42-39/h1-25H. The van der Waals surface area contributed by atoms with Gasteiger partial charge in [-0.15, -0.1) is 0 Å². The van der Waals surface area contributed by atoms with Crippen molar-refractivity contribution < 1.29 is 8.78 Å². The monoisotopic (exact) mass is 573 g/mol. The summed E-state index contributed by atoms with van der Waals surface area (Å²) in [5.41, 5.74) is 3.81. The lowest BCUT2D eigenvalue weighted by Gasteiger charge is -2.29. The van der Waals surface area contributed by atoms with E-state index in [0.29, 0.717) is 5.69 Å².